The number of nitrogens with zero attached hydrogens (tertiary/aromatic N) is 2. The Labute approximate surface area is 180 Å². The summed E-state index contributed by atoms with van der Waals surface area (Å²) in [6.45, 7) is 3.35. The predicted octanol–water partition coefficient (Wildman–Crippen LogP) is 4.46. The van der Waals surface area contributed by atoms with Crippen molar-refractivity contribution < 1.29 is 14.0 Å². The lowest BCUT2D eigenvalue weighted by atomic mass is 9.93. The van der Waals surface area contributed by atoms with E-state index in [1.54, 1.807) is 17.0 Å². The Morgan fingerprint density at radius 1 is 1.06 bits per heavy atom. The topological polar surface area (TPSA) is 67.5 Å². The van der Waals surface area contributed by atoms with E-state index in [-0.39, 0.29) is 17.6 Å². The van der Waals surface area contributed by atoms with Crippen molar-refractivity contribution in [3.63, 3.8) is 0 Å². The second-order valence-electron chi connectivity index (χ2n) is 7.76. The number of nitrogens with one attached hydrogen (secondary N) is 1. The summed E-state index contributed by atoms with van der Waals surface area (Å²) < 4.78 is 7.47. The third-order valence-corrected chi connectivity index (χ3v) is 5.92. The predicted molar refractivity (Wildman–Crippen MR) is 119 cm³/mol. The van der Waals surface area contributed by atoms with Crippen LogP contribution in [0.3, 0.4) is 0 Å². The molecule has 3 heterocycles. The summed E-state index contributed by atoms with van der Waals surface area (Å²) >= 11 is 0. The fourth-order valence-corrected chi connectivity index (χ4v) is 4.29. The zero-order chi connectivity index (χ0) is 21.4. The Kier molecular flexibility index (Phi) is 4.82. The summed E-state index contributed by atoms with van der Waals surface area (Å²) in [7, 11) is 0. The maximum absolute atomic E-state index is 13.3. The molecule has 0 aliphatic carbocycles. The van der Waals surface area contributed by atoms with E-state index in [2.05, 4.69) is 16.8 Å². The second kappa shape index (κ2) is 7.80. The van der Waals surface area contributed by atoms with Gasteiger partial charge in [-0.1, -0.05) is 24.3 Å². The van der Waals surface area contributed by atoms with Crippen molar-refractivity contribution >= 4 is 28.4 Å². The molecule has 1 atom stereocenters. The average molecular weight is 413 g/mol. The van der Waals surface area contributed by atoms with Gasteiger partial charge in [-0.15, -0.1) is 0 Å². The fraction of sp³-hybridized carbons (Fsp3) is 0.200. The Balaban J connectivity index is 1.44. The number of benzene rings is 2. The van der Waals surface area contributed by atoms with Crippen molar-refractivity contribution in [1.29, 1.82) is 0 Å². The van der Waals surface area contributed by atoms with E-state index < -0.39 is 6.04 Å². The van der Waals surface area contributed by atoms with E-state index in [4.69, 9.17) is 4.42 Å². The summed E-state index contributed by atoms with van der Waals surface area (Å²) in [6.07, 6.45) is 3.97. The Morgan fingerprint density at radius 3 is 2.68 bits per heavy atom. The van der Waals surface area contributed by atoms with Crippen LogP contribution in [0.2, 0.25) is 0 Å². The summed E-state index contributed by atoms with van der Waals surface area (Å²) in [4.78, 5) is 28.0. The first-order valence-electron chi connectivity index (χ1n) is 10.4. The van der Waals surface area contributed by atoms with E-state index in [1.165, 1.54) is 6.26 Å². The minimum Gasteiger partial charge on any atom is -0.459 e. The van der Waals surface area contributed by atoms with Crippen LogP contribution in [-0.4, -0.2) is 27.3 Å². The van der Waals surface area contributed by atoms with Crippen molar-refractivity contribution in [2.24, 2.45) is 0 Å². The molecule has 31 heavy (non-hydrogen) atoms. The number of furan rings is 1. The Hall–Kier alpha value is -3.80. The second-order valence-corrected chi connectivity index (χ2v) is 7.76. The molecule has 6 heteroatoms. The summed E-state index contributed by atoms with van der Waals surface area (Å²) in [5.74, 6) is -0.252. The first-order valence-corrected chi connectivity index (χ1v) is 10.4. The standard InChI is InChI=1S/C25H23N3O3/c1-2-27-12-11-18-14-20(9-10-21(18)27)26-24(29)22-15-17-6-3-4-7-19(17)16-28(22)25(30)23-8-5-13-31-23/h3-14,22H,2,15-16H2,1H3,(H,26,29). The molecule has 0 saturated heterocycles. The van der Waals surface area contributed by atoms with Gasteiger partial charge >= 0.3 is 0 Å². The molecule has 4 aromatic rings. The zero-order valence-electron chi connectivity index (χ0n) is 17.2. The first-order chi connectivity index (χ1) is 15.1. The van der Waals surface area contributed by atoms with E-state index in [0.717, 1.165) is 34.3 Å². The van der Waals surface area contributed by atoms with Gasteiger partial charge in [0, 0.05) is 42.3 Å². The number of carbonyl (C=O) groups excluding carboxylic acids is 2. The summed E-state index contributed by atoms with van der Waals surface area (Å²) in [6, 6.07) is 18.5. The van der Waals surface area contributed by atoms with Crippen LogP contribution in [0.5, 0.6) is 0 Å². The highest BCUT2D eigenvalue weighted by molar-refractivity contribution is 6.01. The first kappa shape index (κ1) is 19.2. The summed E-state index contributed by atoms with van der Waals surface area (Å²) in [5.41, 5.74) is 3.98. The van der Waals surface area contributed by atoms with Gasteiger partial charge in [-0.25, -0.2) is 0 Å². The molecule has 0 spiro atoms. The molecular formula is C25H23N3O3. The minimum absolute atomic E-state index is 0.205. The number of anilines is 1. The summed E-state index contributed by atoms with van der Waals surface area (Å²) in [5, 5.41) is 4.09. The molecule has 0 radical (unpaired) electrons. The number of amides is 2. The SMILES string of the molecule is CCn1ccc2cc(NC(=O)C3Cc4ccccc4CN3C(=O)c3ccco3)ccc21. The van der Waals surface area contributed by atoms with Crippen LogP contribution in [0, 0.1) is 0 Å². The molecule has 1 N–H and O–H groups in total. The van der Waals surface area contributed by atoms with Crippen LogP contribution in [0.1, 0.15) is 28.6 Å². The minimum atomic E-state index is -0.622. The Morgan fingerprint density at radius 2 is 1.90 bits per heavy atom. The molecule has 0 saturated carbocycles. The highest BCUT2D eigenvalue weighted by atomic mass is 16.3. The quantitative estimate of drug-likeness (QED) is 0.537. The molecule has 0 fully saturated rings. The molecule has 2 aromatic carbocycles. The number of hydrogen-bond donors (Lipinski definition) is 1. The van der Waals surface area contributed by atoms with Crippen LogP contribution >= 0.6 is 0 Å². The van der Waals surface area contributed by atoms with Gasteiger partial charge in [0.25, 0.3) is 5.91 Å². The largest absolute Gasteiger partial charge is 0.459 e. The van der Waals surface area contributed by atoms with E-state index in [0.29, 0.717) is 13.0 Å². The molecule has 5 rings (SSSR count). The monoisotopic (exact) mass is 413 g/mol. The number of fused-ring (bicyclic) bond motifs is 2. The molecule has 1 aliphatic rings. The van der Waals surface area contributed by atoms with Crippen LogP contribution in [0.4, 0.5) is 5.69 Å². The molecule has 1 unspecified atom stereocenters. The van der Waals surface area contributed by atoms with Crippen LogP contribution in [0.15, 0.2) is 77.5 Å². The number of carbonyl (C=O) groups is 2. The number of rotatable bonds is 4. The van der Waals surface area contributed by atoms with Crippen molar-refractivity contribution in [3.8, 4) is 0 Å². The van der Waals surface area contributed by atoms with Crippen molar-refractivity contribution in [2.75, 3.05) is 5.32 Å². The van der Waals surface area contributed by atoms with E-state index in [1.807, 2.05) is 54.7 Å². The van der Waals surface area contributed by atoms with Crippen LogP contribution < -0.4 is 5.32 Å². The third-order valence-electron chi connectivity index (χ3n) is 5.92. The van der Waals surface area contributed by atoms with Gasteiger partial charge in [-0.3, -0.25) is 9.59 Å². The zero-order valence-corrected chi connectivity index (χ0v) is 17.2. The van der Waals surface area contributed by atoms with Gasteiger partial charge < -0.3 is 19.2 Å². The maximum Gasteiger partial charge on any atom is 0.290 e. The lowest BCUT2D eigenvalue weighted by molar-refractivity contribution is -0.121. The normalized spacial score (nSPS) is 15.6. The number of aryl methyl sites for hydroxylation is 1. The highest BCUT2D eigenvalue weighted by Crippen LogP contribution is 2.27. The van der Waals surface area contributed by atoms with Gasteiger partial charge in [-0.05, 0) is 54.4 Å². The maximum atomic E-state index is 13.3. The lowest BCUT2D eigenvalue weighted by Gasteiger charge is -2.35. The van der Waals surface area contributed by atoms with Crippen molar-refractivity contribution in [1.82, 2.24) is 9.47 Å². The molecule has 1 aliphatic heterocycles. The van der Waals surface area contributed by atoms with Crippen molar-refractivity contribution in [3.05, 3.63) is 90.0 Å². The van der Waals surface area contributed by atoms with E-state index in [9.17, 15) is 9.59 Å². The highest BCUT2D eigenvalue weighted by Gasteiger charge is 2.36. The number of hydrogen-bond acceptors (Lipinski definition) is 3. The molecule has 156 valence electrons. The van der Waals surface area contributed by atoms with Crippen LogP contribution in [-0.2, 0) is 24.3 Å². The van der Waals surface area contributed by atoms with Gasteiger partial charge in [0.2, 0.25) is 5.91 Å². The number of aromatic nitrogens is 1. The molecule has 6 nitrogen and oxygen atoms in total. The van der Waals surface area contributed by atoms with Gasteiger partial charge in [0.1, 0.15) is 6.04 Å². The Bertz CT molecular complexity index is 1260. The smallest absolute Gasteiger partial charge is 0.290 e. The molecular weight excluding hydrogens is 390 g/mol. The van der Waals surface area contributed by atoms with Gasteiger partial charge in [0.05, 0.1) is 6.26 Å². The third kappa shape index (κ3) is 3.50. The fourth-order valence-electron chi connectivity index (χ4n) is 4.29. The average Bonchev–Trinajstić information content (AvgIpc) is 3.47. The van der Waals surface area contributed by atoms with Gasteiger partial charge in [-0.2, -0.15) is 0 Å². The molecule has 2 aromatic heterocycles. The lowest BCUT2D eigenvalue weighted by Crippen LogP contribution is -2.50. The van der Waals surface area contributed by atoms with E-state index >= 15 is 0 Å². The van der Waals surface area contributed by atoms with Crippen molar-refractivity contribution in [2.45, 2.75) is 32.5 Å². The molecule has 0 bridgehead atoms. The van der Waals surface area contributed by atoms with Gasteiger partial charge in [0.15, 0.2) is 5.76 Å². The molecule has 2 amide bonds. The van der Waals surface area contributed by atoms with Crippen LogP contribution in [0.25, 0.3) is 10.9 Å².